The summed E-state index contributed by atoms with van der Waals surface area (Å²) in [6.45, 7) is 11.3. The molecule has 2 aliphatic heterocycles. The molecule has 1 aliphatic carbocycles. The predicted octanol–water partition coefficient (Wildman–Crippen LogP) is 6.16. The second-order valence-corrected chi connectivity index (χ2v) is 15.6. The van der Waals surface area contributed by atoms with Gasteiger partial charge in [0.05, 0.1) is 11.5 Å². The first-order valence-corrected chi connectivity index (χ1v) is 17.1. The summed E-state index contributed by atoms with van der Waals surface area (Å²) in [7, 11) is 0. The maximum atomic E-state index is 14.3. The molecule has 11 heteroatoms. The van der Waals surface area contributed by atoms with Crippen molar-refractivity contribution in [2.75, 3.05) is 12.0 Å². The Bertz CT molecular complexity index is 1350. The number of rotatable bonds is 10. The third kappa shape index (κ3) is 7.80. The van der Waals surface area contributed by atoms with Crippen molar-refractivity contribution in [2.24, 2.45) is 28.9 Å². The minimum Gasteiger partial charge on any atom is -0.461 e. The van der Waals surface area contributed by atoms with Gasteiger partial charge in [-0.25, -0.2) is 4.39 Å². The Hall–Kier alpha value is -2.46. The van der Waals surface area contributed by atoms with Gasteiger partial charge in [0.15, 0.2) is 0 Å². The highest BCUT2D eigenvalue weighted by atomic mass is 35.5. The fourth-order valence-corrected chi connectivity index (χ4v) is 7.62. The van der Waals surface area contributed by atoms with Crippen molar-refractivity contribution < 1.29 is 23.5 Å². The monoisotopic (exact) mass is 678 g/mol. The van der Waals surface area contributed by atoms with E-state index in [0.29, 0.717) is 42.8 Å². The summed E-state index contributed by atoms with van der Waals surface area (Å²) < 4.78 is 18.7. The van der Waals surface area contributed by atoms with E-state index in [1.807, 2.05) is 32.9 Å². The van der Waals surface area contributed by atoms with Gasteiger partial charge in [-0.05, 0) is 73.1 Å². The van der Waals surface area contributed by atoms with Crippen LogP contribution in [-0.4, -0.2) is 54.7 Å². The SMILES string of the molecule is CC(C)[C@H](N)C(=O)O[C@H]1CC[C@H](NC(=O)[C@@H]2N[C@H](CC(C)(C)C)[C@]3(C(=O)Nc4cc(Cl)ccc43)[C@H]2C(C)/C=C\C=C(\Cl)CF)CC1. The molecule has 2 heterocycles. The molecule has 0 bridgehead atoms. The van der Waals surface area contributed by atoms with Crippen LogP contribution in [-0.2, 0) is 24.5 Å². The number of halogens is 3. The van der Waals surface area contributed by atoms with Gasteiger partial charge >= 0.3 is 5.97 Å². The van der Waals surface area contributed by atoms with Gasteiger partial charge in [-0.15, -0.1) is 0 Å². The molecule has 2 fully saturated rings. The average molecular weight is 680 g/mol. The van der Waals surface area contributed by atoms with Gasteiger partial charge in [0.2, 0.25) is 11.8 Å². The van der Waals surface area contributed by atoms with Crippen molar-refractivity contribution in [2.45, 2.75) is 109 Å². The lowest BCUT2D eigenvalue weighted by Gasteiger charge is -2.39. The van der Waals surface area contributed by atoms with Crippen molar-refractivity contribution in [3.8, 4) is 0 Å². The largest absolute Gasteiger partial charge is 0.461 e. The number of carbonyl (C=O) groups excluding carboxylic acids is 3. The van der Waals surface area contributed by atoms with Gasteiger partial charge in [0, 0.05) is 33.7 Å². The normalized spacial score (nSPS) is 29.6. The molecule has 1 aromatic carbocycles. The Morgan fingerprint density at radius 1 is 1.20 bits per heavy atom. The molecule has 8 nitrogen and oxygen atoms in total. The lowest BCUT2D eigenvalue weighted by Crippen LogP contribution is -2.52. The van der Waals surface area contributed by atoms with E-state index in [4.69, 9.17) is 33.7 Å². The molecular weight excluding hydrogens is 630 g/mol. The van der Waals surface area contributed by atoms with E-state index in [9.17, 15) is 18.8 Å². The van der Waals surface area contributed by atoms with Gasteiger partial charge in [-0.3, -0.25) is 14.4 Å². The number of alkyl halides is 1. The first-order chi connectivity index (χ1) is 21.6. The van der Waals surface area contributed by atoms with Crippen LogP contribution in [0, 0.1) is 23.2 Å². The number of ether oxygens (including phenoxy) is 1. The number of benzene rings is 1. The van der Waals surface area contributed by atoms with Crippen LogP contribution in [0.3, 0.4) is 0 Å². The molecule has 6 atom stereocenters. The number of fused-ring (bicyclic) bond motifs is 2. The van der Waals surface area contributed by atoms with E-state index < -0.39 is 36.1 Å². The fourth-order valence-electron chi connectivity index (χ4n) is 7.37. The van der Waals surface area contributed by atoms with Gasteiger partial charge < -0.3 is 26.4 Å². The number of allylic oxidation sites excluding steroid dienone is 4. The van der Waals surface area contributed by atoms with E-state index in [2.05, 4.69) is 36.7 Å². The maximum absolute atomic E-state index is 14.3. The minimum absolute atomic E-state index is 0.0137. The van der Waals surface area contributed by atoms with Crippen LogP contribution < -0.4 is 21.7 Å². The lowest BCUT2D eigenvalue weighted by molar-refractivity contribution is -0.153. The quantitative estimate of drug-likeness (QED) is 0.174. The zero-order valence-electron chi connectivity index (χ0n) is 27.7. The molecule has 254 valence electrons. The molecule has 1 aromatic rings. The molecule has 5 N–H and O–H groups in total. The number of anilines is 1. The van der Waals surface area contributed by atoms with Crippen LogP contribution in [0.5, 0.6) is 0 Å². The number of carbonyl (C=O) groups is 3. The Morgan fingerprint density at radius 3 is 2.48 bits per heavy atom. The van der Waals surface area contributed by atoms with Crippen LogP contribution in [0.2, 0.25) is 5.02 Å². The summed E-state index contributed by atoms with van der Waals surface area (Å²) in [5, 5.41) is 10.5. The molecule has 3 aliphatic rings. The second kappa shape index (κ2) is 14.8. The molecular formula is C35H49Cl2FN4O4. The topological polar surface area (TPSA) is 123 Å². The zero-order valence-corrected chi connectivity index (χ0v) is 29.2. The summed E-state index contributed by atoms with van der Waals surface area (Å²) >= 11 is 12.3. The second-order valence-electron chi connectivity index (χ2n) is 14.7. The summed E-state index contributed by atoms with van der Waals surface area (Å²) in [5.74, 6) is -1.55. The highest BCUT2D eigenvalue weighted by Crippen LogP contribution is 2.55. The summed E-state index contributed by atoms with van der Waals surface area (Å²) in [6, 6.07) is 3.59. The minimum atomic E-state index is -1.08. The Balaban J connectivity index is 1.64. The number of hydrogen-bond acceptors (Lipinski definition) is 6. The predicted molar refractivity (Wildman–Crippen MR) is 181 cm³/mol. The van der Waals surface area contributed by atoms with Crippen molar-refractivity contribution in [3.63, 3.8) is 0 Å². The maximum Gasteiger partial charge on any atom is 0.323 e. The van der Waals surface area contributed by atoms with Crippen molar-refractivity contribution in [1.82, 2.24) is 10.6 Å². The van der Waals surface area contributed by atoms with Gasteiger partial charge in [-0.1, -0.05) is 83.0 Å². The highest BCUT2D eigenvalue weighted by molar-refractivity contribution is 6.31. The lowest BCUT2D eigenvalue weighted by atomic mass is 9.61. The molecule has 2 amide bonds. The van der Waals surface area contributed by atoms with Crippen LogP contribution >= 0.6 is 23.2 Å². The van der Waals surface area contributed by atoms with E-state index >= 15 is 0 Å². The number of esters is 1. The molecule has 1 saturated heterocycles. The number of nitrogens with two attached hydrogens (primary N) is 1. The molecule has 46 heavy (non-hydrogen) atoms. The zero-order chi connectivity index (χ0) is 34.0. The van der Waals surface area contributed by atoms with Gasteiger partial charge in [-0.2, -0.15) is 0 Å². The first-order valence-electron chi connectivity index (χ1n) is 16.3. The summed E-state index contributed by atoms with van der Waals surface area (Å²) in [5.41, 5.74) is 6.18. The Labute approximate surface area is 282 Å². The average Bonchev–Trinajstić information content (AvgIpc) is 3.46. The molecule has 1 saturated carbocycles. The molecule has 1 spiro atoms. The third-order valence-corrected chi connectivity index (χ3v) is 10.1. The third-order valence-electron chi connectivity index (χ3n) is 9.65. The van der Waals surface area contributed by atoms with Crippen LogP contribution in [0.1, 0.15) is 79.2 Å². The van der Waals surface area contributed by atoms with Gasteiger partial charge in [0.25, 0.3) is 0 Å². The van der Waals surface area contributed by atoms with Crippen LogP contribution in [0.4, 0.5) is 10.1 Å². The first kappa shape index (κ1) is 36.4. The van der Waals surface area contributed by atoms with Crippen molar-refractivity contribution in [3.05, 3.63) is 52.0 Å². The summed E-state index contributed by atoms with van der Waals surface area (Å²) in [6.07, 6.45) is 8.01. The van der Waals surface area contributed by atoms with E-state index in [1.165, 1.54) is 6.08 Å². The molecule has 0 radical (unpaired) electrons. The standard InChI is InChI=1S/C35H49Cl2FN4O4/c1-19(2)29(39)32(44)46-24-13-11-23(12-14-24)40-31(43)30-28(20(3)8-7-9-22(37)18-38)35(27(42-30)17-34(4,5)6)25-15-10-21(36)16-26(25)41-33(35)45/h7-10,15-16,19-20,23-24,27-30,42H,11-14,17-18,39H2,1-6H3,(H,40,43)(H,41,45)/b8-7-,22-9+/t20?,23-,24-,27-,28+,29+,30-,35+/m1/s1. The smallest absolute Gasteiger partial charge is 0.323 e. The van der Waals surface area contributed by atoms with Crippen LogP contribution in [0.15, 0.2) is 41.5 Å². The molecule has 1 unspecified atom stereocenters. The van der Waals surface area contributed by atoms with E-state index in [-0.39, 0.29) is 52.3 Å². The Morgan fingerprint density at radius 2 is 1.87 bits per heavy atom. The Kier molecular flexibility index (Phi) is 11.7. The van der Waals surface area contributed by atoms with Gasteiger partial charge in [0.1, 0.15) is 18.8 Å². The molecule has 4 rings (SSSR count). The number of hydrogen-bond donors (Lipinski definition) is 4. The number of nitrogens with one attached hydrogen (secondary N) is 3. The highest BCUT2D eigenvalue weighted by Gasteiger charge is 2.66. The van der Waals surface area contributed by atoms with E-state index in [0.717, 1.165) is 5.56 Å². The molecule has 0 aromatic heterocycles. The van der Waals surface area contributed by atoms with Crippen molar-refractivity contribution >= 4 is 46.7 Å². The fraction of sp³-hybridized carbons (Fsp3) is 0.629. The number of amides is 2. The van der Waals surface area contributed by atoms with E-state index in [1.54, 1.807) is 18.2 Å². The summed E-state index contributed by atoms with van der Waals surface area (Å²) in [4.78, 5) is 41.0. The van der Waals surface area contributed by atoms with Crippen LogP contribution in [0.25, 0.3) is 0 Å². The van der Waals surface area contributed by atoms with Crippen molar-refractivity contribution in [1.29, 1.82) is 0 Å².